The van der Waals surface area contributed by atoms with Crippen LogP contribution in [0.5, 0.6) is 0 Å². The Morgan fingerprint density at radius 2 is 1.97 bits per heavy atom. The Morgan fingerprint density at radius 1 is 1.17 bits per heavy atom. The number of nitrogens with zero attached hydrogens (tertiary/aromatic N) is 2. The van der Waals surface area contributed by atoms with E-state index >= 15 is 0 Å². The summed E-state index contributed by atoms with van der Waals surface area (Å²) < 4.78 is 0. The van der Waals surface area contributed by atoms with Gasteiger partial charge >= 0.3 is 0 Å². The van der Waals surface area contributed by atoms with Crippen LogP contribution >= 0.6 is 22.9 Å². The Bertz CT molecular complexity index is 1020. The average Bonchev–Trinajstić information content (AvgIpc) is 3.14. The molecule has 0 unspecified atom stereocenters. The Balaban J connectivity index is 1.64. The molecular weight excluding hydrogens is 406 g/mol. The molecule has 1 heterocycles. The van der Waals surface area contributed by atoms with Crippen LogP contribution in [0.2, 0.25) is 5.02 Å². The maximum absolute atomic E-state index is 12.5. The summed E-state index contributed by atoms with van der Waals surface area (Å²) in [6.07, 6.45) is 0.180. The fourth-order valence-corrected chi connectivity index (χ4v) is 4.07. The van der Waals surface area contributed by atoms with Gasteiger partial charge in [-0.2, -0.15) is 0 Å². The van der Waals surface area contributed by atoms with Crippen LogP contribution in [0.15, 0.2) is 53.9 Å². The van der Waals surface area contributed by atoms with Gasteiger partial charge < -0.3 is 10.2 Å². The summed E-state index contributed by atoms with van der Waals surface area (Å²) in [7, 11) is 0. The van der Waals surface area contributed by atoms with E-state index in [0.29, 0.717) is 29.5 Å². The first-order valence-corrected chi connectivity index (χ1v) is 10.6. The highest BCUT2D eigenvalue weighted by atomic mass is 35.5. The minimum Gasteiger partial charge on any atom is -0.339 e. The predicted octanol–water partition coefficient (Wildman–Crippen LogP) is 5.01. The normalized spacial score (nSPS) is 10.6. The second kappa shape index (κ2) is 9.67. The minimum absolute atomic E-state index is 0.0276. The van der Waals surface area contributed by atoms with E-state index in [-0.39, 0.29) is 18.2 Å². The topological polar surface area (TPSA) is 62.3 Å². The number of rotatable bonds is 7. The fraction of sp³-hybridized carbons (Fsp3) is 0.227. The molecule has 0 aliphatic carbocycles. The number of carbonyl (C=O) groups is 2. The number of benzene rings is 2. The second-order valence-corrected chi connectivity index (χ2v) is 7.85. The zero-order valence-corrected chi connectivity index (χ0v) is 17.9. The molecular formula is C22H22ClN3O2S. The van der Waals surface area contributed by atoms with Crippen LogP contribution in [0.3, 0.4) is 0 Å². The molecule has 2 aromatic carbocycles. The standard InChI is InChI=1S/C22H22ClN3O2S/c1-3-26(15(2)27)13-16-7-6-8-17(11-16)24-21(28)12-18-14-29-22(25-18)19-9-4-5-10-20(19)23/h4-11,14H,3,12-13H2,1-2H3,(H,24,28). The van der Waals surface area contributed by atoms with E-state index in [1.165, 1.54) is 11.3 Å². The molecule has 5 nitrogen and oxygen atoms in total. The van der Waals surface area contributed by atoms with Crippen LogP contribution < -0.4 is 5.32 Å². The van der Waals surface area contributed by atoms with Gasteiger partial charge in [0, 0.05) is 36.6 Å². The van der Waals surface area contributed by atoms with Gasteiger partial charge in [0.05, 0.1) is 17.1 Å². The van der Waals surface area contributed by atoms with Gasteiger partial charge in [0.1, 0.15) is 5.01 Å². The molecule has 0 radical (unpaired) electrons. The SMILES string of the molecule is CCN(Cc1cccc(NC(=O)Cc2csc(-c3ccccc3Cl)n2)c1)C(C)=O. The van der Waals surface area contributed by atoms with Crippen molar-refractivity contribution < 1.29 is 9.59 Å². The summed E-state index contributed by atoms with van der Waals surface area (Å²) in [4.78, 5) is 30.4. The van der Waals surface area contributed by atoms with Crippen molar-refractivity contribution in [1.29, 1.82) is 0 Å². The van der Waals surface area contributed by atoms with Crippen molar-refractivity contribution in [3.8, 4) is 10.6 Å². The molecule has 7 heteroatoms. The minimum atomic E-state index is -0.142. The van der Waals surface area contributed by atoms with Crippen molar-refractivity contribution in [1.82, 2.24) is 9.88 Å². The number of aromatic nitrogens is 1. The summed E-state index contributed by atoms with van der Waals surface area (Å²) in [5, 5.41) is 6.22. The highest BCUT2D eigenvalue weighted by molar-refractivity contribution is 7.13. The van der Waals surface area contributed by atoms with E-state index in [2.05, 4.69) is 10.3 Å². The van der Waals surface area contributed by atoms with Gasteiger partial charge in [-0.25, -0.2) is 4.98 Å². The van der Waals surface area contributed by atoms with Gasteiger partial charge in [-0.3, -0.25) is 9.59 Å². The fourth-order valence-electron chi connectivity index (χ4n) is 2.93. The number of amides is 2. The number of thiazole rings is 1. The lowest BCUT2D eigenvalue weighted by Crippen LogP contribution is -2.27. The molecule has 1 aromatic heterocycles. The zero-order chi connectivity index (χ0) is 20.8. The molecule has 0 aliphatic rings. The highest BCUT2D eigenvalue weighted by Crippen LogP contribution is 2.30. The predicted molar refractivity (Wildman–Crippen MR) is 118 cm³/mol. The van der Waals surface area contributed by atoms with Gasteiger partial charge in [-0.15, -0.1) is 11.3 Å². The lowest BCUT2D eigenvalue weighted by Gasteiger charge is -2.19. The molecule has 150 valence electrons. The van der Waals surface area contributed by atoms with E-state index in [1.54, 1.807) is 11.8 Å². The van der Waals surface area contributed by atoms with Crippen molar-refractivity contribution in [2.45, 2.75) is 26.8 Å². The van der Waals surface area contributed by atoms with Crippen molar-refractivity contribution in [3.63, 3.8) is 0 Å². The molecule has 0 saturated heterocycles. The third-order valence-electron chi connectivity index (χ3n) is 4.41. The second-order valence-electron chi connectivity index (χ2n) is 6.58. The molecule has 3 aromatic rings. The molecule has 0 atom stereocenters. The summed E-state index contributed by atoms with van der Waals surface area (Å²) in [5.74, 6) is -0.114. The first-order valence-electron chi connectivity index (χ1n) is 9.30. The molecule has 2 amide bonds. The van der Waals surface area contributed by atoms with Crippen LogP contribution in [0.4, 0.5) is 5.69 Å². The third-order valence-corrected chi connectivity index (χ3v) is 5.66. The van der Waals surface area contributed by atoms with Crippen LogP contribution in [0.1, 0.15) is 25.1 Å². The number of hydrogen-bond acceptors (Lipinski definition) is 4. The monoisotopic (exact) mass is 427 g/mol. The first kappa shape index (κ1) is 21.0. The van der Waals surface area contributed by atoms with Crippen LogP contribution in [-0.2, 0) is 22.6 Å². The molecule has 3 rings (SSSR count). The molecule has 0 saturated carbocycles. The van der Waals surface area contributed by atoms with Gasteiger partial charge in [0.25, 0.3) is 0 Å². The van der Waals surface area contributed by atoms with Crippen LogP contribution in [0, 0.1) is 0 Å². The van der Waals surface area contributed by atoms with Crippen LogP contribution in [0.25, 0.3) is 10.6 Å². The van der Waals surface area contributed by atoms with Crippen molar-refractivity contribution in [2.24, 2.45) is 0 Å². The van der Waals surface area contributed by atoms with Crippen LogP contribution in [-0.4, -0.2) is 28.2 Å². The number of hydrogen-bond donors (Lipinski definition) is 1. The summed E-state index contributed by atoms with van der Waals surface area (Å²) in [6, 6.07) is 15.1. The Kier molecular flexibility index (Phi) is 7.01. The van der Waals surface area contributed by atoms with Gasteiger partial charge in [0.15, 0.2) is 0 Å². The number of nitrogens with one attached hydrogen (secondary N) is 1. The first-order chi connectivity index (χ1) is 14.0. The lowest BCUT2D eigenvalue weighted by atomic mass is 10.1. The van der Waals surface area contributed by atoms with Gasteiger partial charge in [0.2, 0.25) is 11.8 Å². The van der Waals surface area contributed by atoms with Gasteiger partial charge in [-0.05, 0) is 30.7 Å². The summed E-state index contributed by atoms with van der Waals surface area (Å²) in [5.41, 5.74) is 3.24. The van der Waals surface area contributed by atoms with Crippen molar-refractivity contribution >= 4 is 40.4 Å². The summed E-state index contributed by atoms with van der Waals surface area (Å²) in [6.45, 7) is 4.66. The quantitative estimate of drug-likeness (QED) is 0.576. The van der Waals surface area contributed by atoms with E-state index < -0.39 is 0 Å². The molecule has 29 heavy (non-hydrogen) atoms. The third kappa shape index (κ3) is 5.65. The molecule has 0 aliphatic heterocycles. The number of halogens is 1. The van der Waals surface area contributed by atoms with E-state index in [1.807, 2.05) is 60.8 Å². The van der Waals surface area contributed by atoms with E-state index in [9.17, 15) is 9.59 Å². The summed E-state index contributed by atoms with van der Waals surface area (Å²) >= 11 is 7.69. The highest BCUT2D eigenvalue weighted by Gasteiger charge is 2.12. The maximum atomic E-state index is 12.5. The maximum Gasteiger partial charge on any atom is 0.230 e. The average molecular weight is 428 g/mol. The Labute approximate surface area is 179 Å². The van der Waals surface area contributed by atoms with E-state index in [0.717, 1.165) is 16.1 Å². The Hall–Kier alpha value is -2.70. The van der Waals surface area contributed by atoms with Gasteiger partial charge in [-0.1, -0.05) is 41.9 Å². The number of carbonyl (C=O) groups excluding carboxylic acids is 2. The zero-order valence-electron chi connectivity index (χ0n) is 16.3. The Morgan fingerprint density at radius 3 is 2.69 bits per heavy atom. The van der Waals surface area contributed by atoms with Crippen molar-refractivity contribution in [3.05, 3.63) is 70.2 Å². The van der Waals surface area contributed by atoms with Crippen molar-refractivity contribution in [2.75, 3.05) is 11.9 Å². The molecule has 0 spiro atoms. The molecule has 0 bridgehead atoms. The molecule has 1 N–H and O–H groups in total. The largest absolute Gasteiger partial charge is 0.339 e. The lowest BCUT2D eigenvalue weighted by molar-refractivity contribution is -0.129. The molecule has 0 fully saturated rings. The number of anilines is 1. The smallest absolute Gasteiger partial charge is 0.230 e. The van der Waals surface area contributed by atoms with E-state index in [4.69, 9.17) is 11.6 Å².